The van der Waals surface area contributed by atoms with Gasteiger partial charge in [0, 0.05) is 0 Å². The van der Waals surface area contributed by atoms with Crippen molar-refractivity contribution in [2.75, 3.05) is 7.11 Å². The van der Waals surface area contributed by atoms with Crippen LogP contribution in [0.15, 0.2) is 36.9 Å². The van der Waals surface area contributed by atoms with Crippen molar-refractivity contribution in [3.05, 3.63) is 42.5 Å². The lowest BCUT2D eigenvalue weighted by Crippen LogP contribution is -1.90. The van der Waals surface area contributed by atoms with Crippen LogP contribution in [-0.4, -0.2) is 7.11 Å². The van der Waals surface area contributed by atoms with Gasteiger partial charge < -0.3 is 4.74 Å². The summed E-state index contributed by atoms with van der Waals surface area (Å²) in [6.45, 7) is 3.69. The molecule has 0 fully saturated rings. The van der Waals surface area contributed by atoms with E-state index in [1.807, 2.05) is 24.3 Å². The molecular formula is C11H14O. The average molecular weight is 162 g/mol. The predicted molar refractivity (Wildman–Crippen MR) is 51.5 cm³/mol. The third kappa shape index (κ3) is 2.12. The Bertz CT molecular complexity index is 253. The smallest absolute Gasteiger partial charge is 0.122 e. The van der Waals surface area contributed by atoms with E-state index in [-0.39, 0.29) is 0 Å². The van der Waals surface area contributed by atoms with Gasteiger partial charge in [-0.3, -0.25) is 0 Å². The monoisotopic (exact) mass is 162 g/mol. The van der Waals surface area contributed by atoms with E-state index in [2.05, 4.69) is 12.6 Å². The number of rotatable bonds is 4. The van der Waals surface area contributed by atoms with Crippen molar-refractivity contribution >= 4 is 0 Å². The molecule has 1 nitrogen and oxygen atoms in total. The highest BCUT2D eigenvalue weighted by Gasteiger charge is 1.98. The molecule has 0 aliphatic rings. The molecule has 0 saturated carbocycles. The van der Waals surface area contributed by atoms with Crippen LogP contribution in [0.1, 0.15) is 12.0 Å². The number of ether oxygens (including phenoxy) is 1. The number of allylic oxidation sites excluding steroid dienone is 1. The Morgan fingerprint density at radius 3 is 2.83 bits per heavy atom. The zero-order valence-electron chi connectivity index (χ0n) is 7.42. The third-order valence-electron chi connectivity index (χ3n) is 1.81. The summed E-state index contributed by atoms with van der Waals surface area (Å²) < 4.78 is 5.21. The van der Waals surface area contributed by atoms with Gasteiger partial charge >= 0.3 is 0 Å². The fourth-order valence-corrected chi connectivity index (χ4v) is 1.17. The lowest BCUT2D eigenvalue weighted by molar-refractivity contribution is 0.409. The first-order valence-electron chi connectivity index (χ1n) is 4.11. The van der Waals surface area contributed by atoms with Gasteiger partial charge in [-0.1, -0.05) is 24.3 Å². The summed E-state index contributed by atoms with van der Waals surface area (Å²) in [5.41, 5.74) is 1.25. The maximum Gasteiger partial charge on any atom is 0.122 e. The minimum Gasteiger partial charge on any atom is -0.496 e. The molecule has 0 aromatic heterocycles. The summed E-state index contributed by atoms with van der Waals surface area (Å²) in [4.78, 5) is 0. The molecule has 1 aromatic rings. The molecule has 1 rings (SSSR count). The van der Waals surface area contributed by atoms with Crippen LogP contribution in [0.2, 0.25) is 0 Å². The SMILES string of the molecule is C=CCCc1ccccc1OC. The Balaban J connectivity index is 2.74. The van der Waals surface area contributed by atoms with Crippen LogP contribution in [0.3, 0.4) is 0 Å². The van der Waals surface area contributed by atoms with Gasteiger partial charge in [-0.05, 0) is 24.5 Å². The number of hydrogen-bond acceptors (Lipinski definition) is 1. The second-order valence-electron chi connectivity index (χ2n) is 2.64. The van der Waals surface area contributed by atoms with Crippen LogP contribution >= 0.6 is 0 Å². The normalized spacial score (nSPS) is 9.42. The van der Waals surface area contributed by atoms with E-state index in [1.54, 1.807) is 7.11 Å². The van der Waals surface area contributed by atoms with Crippen LogP contribution in [0, 0.1) is 0 Å². The van der Waals surface area contributed by atoms with Gasteiger partial charge in [-0.25, -0.2) is 0 Å². The standard InChI is InChI=1S/C11H14O/c1-3-4-7-10-8-5-6-9-11(10)12-2/h3,5-6,8-9H,1,4,7H2,2H3. The van der Waals surface area contributed by atoms with Crippen LogP contribution in [0.5, 0.6) is 5.75 Å². The summed E-state index contributed by atoms with van der Waals surface area (Å²) in [6, 6.07) is 8.08. The van der Waals surface area contributed by atoms with Gasteiger partial charge in [0.25, 0.3) is 0 Å². The summed E-state index contributed by atoms with van der Waals surface area (Å²) in [5, 5.41) is 0. The largest absolute Gasteiger partial charge is 0.496 e. The topological polar surface area (TPSA) is 9.23 Å². The second-order valence-corrected chi connectivity index (χ2v) is 2.64. The first-order chi connectivity index (χ1) is 5.88. The molecule has 0 spiro atoms. The maximum atomic E-state index is 5.21. The summed E-state index contributed by atoms with van der Waals surface area (Å²) in [7, 11) is 1.70. The Hall–Kier alpha value is -1.24. The molecule has 0 atom stereocenters. The zero-order valence-corrected chi connectivity index (χ0v) is 7.42. The fourth-order valence-electron chi connectivity index (χ4n) is 1.17. The molecule has 1 aromatic carbocycles. The maximum absolute atomic E-state index is 5.21. The zero-order chi connectivity index (χ0) is 8.81. The number of hydrogen-bond donors (Lipinski definition) is 0. The van der Waals surface area contributed by atoms with E-state index in [0.717, 1.165) is 18.6 Å². The Morgan fingerprint density at radius 1 is 1.42 bits per heavy atom. The van der Waals surface area contributed by atoms with Crippen molar-refractivity contribution < 1.29 is 4.74 Å². The summed E-state index contributed by atoms with van der Waals surface area (Å²) >= 11 is 0. The van der Waals surface area contributed by atoms with Crippen LogP contribution in [-0.2, 0) is 6.42 Å². The number of benzene rings is 1. The number of methoxy groups -OCH3 is 1. The third-order valence-corrected chi connectivity index (χ3v) is 1.81. The highest BCUT2D eigenvalue weighted by molar-refractivity contribution is 5.33. The van der Waals surface area contributed by atoms with Gasteiger partial charge in [-0.15, -0.1) is 6.58 Å². The molecule has 0 saturated heterocycles. The molecule has 0 unspecified atom stereocenters. The number of aryl methyl sites for hydroxylation is 1. The van der Waals surface area contributed by atoms with E-state index in [9.17, 15) is 0 Å². The molecule has 12 heavy (non-hydrogen) atoms. The Labute approximate surface area is 73.7 Å². The quantitative estimate of drug-likeness (QED) is 0.618. The second kappa shape index (κ2) is 4.60. The van der Waals surface area contributed by atoms with E-state index in [1.165, 1.54) is 5.56 Å². The number of para-hydroxylation sites is 1. The highest BCUT2D eigenvalue weighted by atomic mass is 16.5. The molecule has 0 aliphatic carbocycles. The fraction of sp³-hybridized carbons (Fsp3) is 0.273. The molecular weight excluding hydrogens is 148 g/mol. The van der Waals surface area contributed by atoms with Crippen molar-refractivity contribution in [3.8, 4) is 5.75 Å². The van der Waals surface area contributed by atoms with E-state index >= 15 is 0 Å². The lowest BCUT2D eigenvalue weighted by Gasteiger charge is -2.05. The molecule has 64 valence electrons. The lowest BCUT2D eigenvalue weighted by atomic mass is 10.1. The summed E-state index contributed by atoms with van der Waals surface area (Å²) in [5.74, 6) is 0.972. The average Bonchev–Trinajstić information content (AvgIpc) is 2.15. The van der Waals surface area contributed by atoms with Crippen LogP contribution in [0.4, 0.5) is 0 Å². The molecule has 0 heterocycles. The first-order valence-corrected chi connectivity index (χ1v) is 4.11. The van der Waals surface area contributed by atoms with Gasteiger partial charge in [0.15, 0.2) is 0 Å². The van der Waals surface area contributed by atoms with Crippen molar-refractivity contribution in [2.45, 2.75) is 12.8 Å². The molecule has 0 N–H and O–H groups in total. The van der Waals surface area contributed by atoms with Gasteiger partial charge in [0.05, 0.1) is 7.11 Å². The predicted octanol–water partition coefficient (Wildman–Crippen LogP) is 2.81. The highest BCUT2D eigenvalue weighted by Crippen LogP contribution is 2.18. The van der Waals surface area contributed by atoms with Crippen LogP contribution < -0.4 is 4.74 Å². The van der Waals surface area contributed by atoms with E-state index in [4.69, 9.17) is 4.74 Å². The molecule has 0 bridgehead atoms. The Kier molecular flexibility index (Phi) is 3.39. The molecule has 0 radical (unpaired) electrons. The van der Waals surface area contributed by atoms with Crippen molar-refractivity contribution in [1.82, 2.24) is 0 Å². The van der Waals surface area contributed by atoms with Gasteiger partial charge in [0.1, 0.15) is 5.75 Å². The van der Waals surface area contributed by atoms with E-state index in [0.29, 0.717) is 0 Å². The summed E-state index contributed by atoms with van der Waals surface area (Å²) in [6.07, 6.45) is 3.93. The van der Waals surface area contributed by atoms with Gasteiger partial charge in [0.2, 0.25) is 0 Å². The van der Waals surface area contributed by atoms with Crippen molar-refractivity contribution in [2.24, 2.45) is 0 Å². The first kappa shape index (κ1) is 8.85. The van der Waals surface area contributed by atoms with Gasteiger partial charge in [-0.2, -0.15) is 0 Å². The molecule has 0 amide bonds. The van der Waals surface area contributed by atoms with Crippen molar-refractivity contribution in [1.29, 1.82) is 0 Å². The Morgan fingerprint density at radius 2 is 2.17 bits per heavy atom. The van der Waals surface area contributed by atoms with Crippen LogP contribution in [0.25, 0.3) is 0 Å². The molecule has 0 aliphatic heterocycles. The van der Waals surface area contributed by atoms with Crippen molar-refractivity contribution in [3.63, 3.8) is 0 Å². The minimum absolute atomic E-state index is 0.972. The molecule has 1 heteroatoms. The minimum atomic E-state index is 0.972. The van der Waals surface area contributed by atoms with E-state index < -0.39 is 0 Å².